The van der Waals surface area contributed by atoms with Gasteiger partial charge in [0.25, 0.3) is 0 Å². The summed E-state index contributed by atoms with van der Waals surface area (Å²) in [4.78, 5) is 0. The van der Waals surface area contributed by atoms with E-state index in [-0.39, 0.29) is 31.0 Å². The van der Waals surface area contributed by atoms with E-state index in [9.17, 15) is 0 Å². The van der Waals surface area contributed by atoms with Crippen molar-refractivity contribution in [3.8, 4) is 0 Å². The quantitative estimate of drug-likeness (QED) is 0.350. The second-order valence-corrected chi connectivity index (χ2v) is 1.23. The zero-order valence-corrected chi connectivity index (χ0v) is 6.27. The van der Waals surface area contributed by atoms with Crippen LogP contribution in [0.15, 0.2) is 11.6 Å². The van der Waals surface area contributed by atoms with Crippen LogP contribution >= 0.6 is 11.5 Å². The topological polar surface area (TPSA) is 25.8 Å². The van der Waals surface area contributed by atoms with Crippen LogP contribution in [0.4, 0.5) is 0 Å². The van der Waals surface area contributed by atoms with Crippen molar-refractivity contribution < 1.29 is 31.0 Å². The molecule has 0 atom stereocenters. The average molecular weight is 110 g/mol. The second-order valence-electron chi connectivity index (χ2n) is 0.588. The Morgan fingerprint density at radius 2 is 2.50 bits per heavy atom. The van der Waals surface area contributed by atoms with Gasteiger partial charge in [-0.15, -0.1) is 5.10 Å². The van der Waals surface area contributed by atoms with Crippen LogP contribution < -0.4 is 29.6 Å². The number of aromatic nitrogens is 2. The first-order chi connectivity index (χ1) is 2.50. The van der Waals surface area contributed by atoms with Crippen molar-refractivity contribution in [3.63, 3.8) is 0 Å². The van der Waals surface area contributed by atoms with E-state index in [4.69, 9.17) is 0 Å². The fourth-order valence-corrected chi connectivity index (χ4v) is 0.408. The third-order valence-electron chi connectivity index (χ3n) is 0.283. The van der Waals surface area contributed by atoms with Gasteiger partial charge in [-0.05, 0) is 11.5 Å². The molecule has 2 nitrogen and oxygen atoms in total. The van der Waals surface area contributed by atoms with Crippen LogP contribution in [0, 0.1) is 0 Å². The van der Waals surface area contributed by atoms with Crippen molar-refractivity contribution in [2.24, 2.45) is 0 Å². The fraction of sp³-hybridized carbons (Fsp3) is 0. The van der Waals surface area contributed by atoms with Crippen molar-refractivity contribution in [1.29, 1.82) is 0 Å². The Morgan fingerprint density at radius 1 is 1.67 bits per heavy atom. The van der Waals surface area contributed by atoms with Crippen molar-refractivity contribution in [3.05, 3.63) is 11.6 Å². The summed E-state index contributed by atoms with van der Waals surface area (Å²) in [5.74, 6) is 0. The predicted octanol–water partition coefficient (Wildman–Crippen LogP) is -2.35. The molecular weight excluding hydrogens is 107 g/mol. The largest absolute Gasteiger partial charge is 1.00 e. The van der Waals surface area contributed by atoms with Gasteiger partial charge in [0.2, 0.25) is 0 Å². The van der Waals surface area contributed by atoms with Gasteiger partial charge in [-0.3, -0.25) is 0 Å². The maximum atomic E-state index is 3.51. The van der Waals surface area contributed by atoms with Crippen LogP contribution in [0.1, 0.15) is 1.43 Å². The minimum atomic E-state index is 0. The number of rotatable bonds is 0. The molecule has 0 aromatic carbocycles. The summed E-state index contributed by atoms with van der Waals surface area (Å²) in [7, 11) is 0. The molecule has 0 aliphatic heterocycles. The molecule has 4 heteroatoms. The third-order valence-corrected chi connectivity index (χ3v) is 0.715. The first-order valence-electron chi connectivity index (χ1n) is 1.21. The monoisotopic (exact) mass is 110 g/mol. The van der Waals surface area contributed by atoms with E-state index in [1.54, 1.807) is 6.20 Å². The third kappa shape index (κ3) is 1.87. The van der Waals surface area contributed by atoms with Gasteiger partial charge in [0, 0.05) is 5.38 Å². The summed E-state index contributed by atoms with van der Waals surface area (Å²) < 4.78 is 3.51. The van der Waals surface area contributed by atoms with E-state index >= 15 is 0 Å². The summed E-state index contributed by atoms with van der Waals surface area (Å²) in [6, 6.07) is 0. The van der Waals surface area contributed by atoms with Gasteiger partial charge in [-0.25, -0.2) is 0 Å². The molecule has 1 heterocycles. The average Bonchev–Trinajstić information content (AvgIpc) is 1.76. The minimum Gasteiger partial charge on any atom is -1.00 e. The smallest absolute Gasteiger partial charge is 1.00 e. The first-order valence-corrected chi connectivity index (χ1v) is 2.05. The first kappa shape index (κ1) is 6.56. The fourth-order valence-electron chi connectivity index (χ4n) is 0.136. The molecule has 1 aromatic rings. The Balaban J connectivity index is 0. The molecule has 0 bridgehead atoms. The van der Waals surface area contributed by atoms with Gasteiger partial charge < -0.3 is 1.43 Å². The van der Waals surface area contributed by atoms with Crippen molar-refractivity contribution in [2.45, 2.75) is 0 Å². The second kappa shape index (κ2) is 3.74. The maximum absolute atomic E-state index is 3.51. The van der Waals surface area contributed by atoms with E-state index in [2.05, 4.69) is 9.59 Å². The van der Waals surface area contributed by atoms with Crippen molar-refractivity contribution in [2.75, 3.05) is 0 Å². The van der Waals surface area contributed by atoms with Crippen LogP contribution in [0.5, 0.6) is 0 Å². The molecule has 1 rings (SSSR count). The molecule has 1 aromatic heterocycles. The summed E-state index contributed by atoms with van der Waals surface area (Å²) in [6.45, 7) is 0. The Labute approximate surface area is 63.5 Å². The SMILES string of the molecule is [H-].[Na+].c1csnn1. The number of hydrogen-bond acceptors (Lipinski definition) is 3. The van der Waals surface area contributed by atoms with Crippen LogP contribution in [-0.2, 0) is 0 Å². The molecule has 0 unspecified atom stereocenters. The molecule has 0 fully saturated rings. The normalized spacial score (nSPS) is 6.67. The number of hydrogen-bond donors (Lipinski definition) is 0. The summed E-state index contributed by atoms with van der Waals surface area (Å²) in [5.41, 5.74) is 0. The summed E-state index contributed by atoms with van der Waals surface area (Å²) in [6.07, 6.45) is 1.66. The Kier molecular flexibility index (Phi) is 4.09. The van der Waals surface area contributed by atoms with Crippen LogP contribution in [0.3, 0.4) is 0 Å². The van der Waals surface area contributed by atoms with E-state index < -0.39 is 0 Å². The van der Waals surface area contributed by atoms with Gasteiger partial charge in [0.1, 0.15) is 0 Å². The van der Waals surface area contributed by atoms with Gasteiger partial charge in [-0.2, -0.15) is 0 Å². The molecule has 0 amide bonds. The maximum Gasteiger partial charge on any atom is 1.00 e. The minimum absolute atomic E-state index is 0. The Bertz CT molecular complexity index is 72.2. The van der Waals surface area contributed by atoms with E-state index in [1.807, 2.05) is 5.38 Å². The van der Waals surface area contributed by atoms with Crippen molar-refractivity contribution >= 4 is 11.5 Å². The predicted molar refractivity (Wildman–Crippen MR) is 21.0 cm³/mol. The Morgan fingerprint density at radius 3 is 2.67 bits per heavy atom. The van der Waals surface area contributed by atoms with E-state index in [0.717, 1.165) is 0 Å². The van der Waals surface area contributed by atoms with Gasteiger partial charge in [0.05, 0.1) is 6.20 Å². The molecule has 0 radical (unpaired) electrons. The van der Waals surface area contributed by atoms with E-state index in [0.29, 0.717) is 0 Å². The summed E-state index contributed by atoms with van der Waals surface area (Å²) in [5, 5.41) is 5.31. The zero-order chi connectivity index (χ0) is 3.54. The molecule has 0 saturated carbocycles. The van der Waals surface area contributed by atoms with Crippen LogP contribution in [0.25, 0.3) is 0 Å². The molecule has 0 saturated heterocycles. The molecule has 0 aliphatic carbocycles. The zero-order valence-electron chi connectivity index (χ0n) is 4.46. The molecule has 0 aliphatic rings. The van der Waals surface area contributed by atoms with Gasteiger partial charge >= 0.3 is 29.6 Å². The molecule has 0 N–H and O–H groups in total. The molecule has 0 spiro atoms. The standard InChI is InChI=1S/C2H2N2S.Na.H/c1-2-5-4-3-1;;/h1-2H;;/q;+1;-1. The van der Waals surface area contributed by atoms with Crippen LogP contribution in [-0.4, -0.2) is 9.59 Å². The van der Waals surface area contributed by atoms with Crippen LogP contribution in [0.2, 0.25) is 0 Å². The van der Waals surface area contributed by atoms with Gasteiger partial charge in [0.15, 0.2) is 0 Å². The number of nitrogens with zero attached hydrogens (tertiary/aromatic N) is 2. The molecule has 6 heavy (non-hydrogen) atoms. The van der Waals surface area contributed by atoms with Gasteiger partial charge in [-0.1, -0.05) is 4.49 Å². The van der Waals surface area contributed by atoms with E-state index in [1.165, 1.54) is 11.5 Å². The van der Waals surface area contributed by atoms with Crippen molar-refractivity contribution in [1.82, 2.24) is 9.59 Å². The molecular formula is C2H3N2NaS. The summed E-state index contributed by atoms with van der Waals surface area (Å²) >= 11 is 1.35. The Hall–Kier alpha value is 0.560. The molecule has 28 valence electrons.